The van der Waals surface area contributed by atoms with Crippen molar-refractivity contribution in [2.75, 3.05) is 0 Å². The van der Waals surface area contributed by atoms with Crippen molar-refractivity contribution in [1.82, 2.24) is 5.32 Å². The maximum atomic E-state index is 11.0. The summed E-state index contributed by atoms with van der Waals surface area (Å²) in [6, 6.07) is 6.24. The molecule has 1 N–H and O–H groups in total. The second-order valence-electron chi connectivity index (χ2n) is 6.16. The number of nitro benzene ring substituents is 1. The first kappa shape index (κ1) is 15.0. The Balaban J connectivity index is 2.07. The minimum absolute atomic E-state index is 0.157. The van der Waals surface area contributed by atoms with Gasteiger partial charge >= 0.3 is 0 Å². The van der Waals surface area contributed by atoms with Gasteiger partial charge in [0.25, 0.3) is 5.69 Å². The number of hydrogen-bond acceptors (Lipinski definition) is 3. The van der Waals surface area contributed by atoms with Crippen molar-refractivity contribution in [1.29, 1.82) is 0 Å². The molecule has 1 aromatic rings. The topological polar surface area (TPSA) is 55.2 Å². The van der Waals surface area contributed by atoms with Crippen molar-refractivity contribution < 1.29 is 4.92 Å². The van der Waals surface area contributed by atoms with Crippen LogP contribution in [0.2, 0.25) is 0 Å². The predicted octanol–water partition coefficient (Wildman–Crippen LogP) is 4.13. The van der Waals surface area contributed by atoms with Crippen LogP contribution in [0.25, 0.3) is 0 Å². The van der Waals surface area contributed by atoms with Crippen LogP contribution in [-0.4, -0.2) is 11.0 Å². The van der Waals surface area contributed by atoms with E-state index in [-0.39, 0.29) is 16.7 Å². The largest absolute Gasteiger partial charge is 0.307 e. The summed E-state index contributed by atoms with van der Waals surface area (Å²) in [7, 11) is 0. The van der Waals surface area contributed by atoms with Crippen molar-refractivity contribution in [2.45, 2.75) is 58.5 Å². The van der Waals surface area contributed by atoms with Crippen LogP contribution in [0.4, 0.5) is 5.69 Å². The summed E-state index contributed by atoms with van der Waals surface area (Å²) in [5, 5.41) is 14.6. The van der Waals surface area contributed by atoms with Crippen LogP contribution in [-0.2, 0) is 0 Å². The average molecular weight is 276 g/mol. The first-order valence-corrected chi connectivity index (χ1v) is 7.48. The zero-order chi connectivity index (χ0) is 14.7. The molecule has 1 aromatic carbocycles. The molecule has 1 aliphatic rings. The monoisotopic (exact) mass is 276 g/mol. The van der Waals surface area contributed by atoms with E-state index in [4.69, 9.17) is 0 Å². The molecule has 2 rings (SSSR count). The van der Waals surface area contributed by atoms with Crippen LogP contribution in [0.15, 0.2) is 18.2 Å². The van der Waals surface area contributed by atoms with E-state index in [1.807, 2.05) is 12.1 Å². The second-order valence-corrected chi connectivity index (χ2v) is 6.16. The van der Waals surface area contributed by atoms with E-state index in [0.717, 1.165) is 17.0 Å². The summed E-state index contributed by atoms with van der Waals surface area (Å²) >= 11 is 0. The first-order chi connectivity index (χ1) is 9.47. The van der Waals surface area contributed by atoms with Crippen LogP contribution in [0.1, 0.15) is 56.7 Å². The van der Waals surface area contributed by atoms with E-state index in [2.05, 4.69) is 19.2 Å². The summed E-state index contributed by atoms with van der Waals surface area (Å²) in [6.45, 7) is 6.17. The fourth-order valence-electron chi connectivity index (χ4n) is 3.13. The van der Waals surface area contributed by atoms with Gasteiger partial charge in [0.15, 0.2) is 0 Å². The van der Waals surface area contributed by atoms with Crippen LogP contribution in [0, 0.1) is 23.0 Å². The number of hydrogen-bond donors (Lipinski definition) is 1. The summed E-state index contributed by atoms with van der Waals surface area (Å²) in [5.41, 5.74) is 1.94. The number of nitrogens with zero attached hydrogens (tertiary/aromatic N) is 1. The Hall–Kier alpha value is -1.42. The van der Waals surface area contributed by atoms with Crippen molar-refractivity contribution in [3.63, 3.8) is 0 Å². The predicted molar refractivity (Wildman–Crippen MR) is 80.8 cm³/mol. The lowest BCUT2D eigenvalue weighted by atomic mass is 9.86. The Morgan fingerprint density at radius 3 is 2.80 bits per heavy atom. The molecule has 3 unspecified atom stereocenters. The van der Waals surface area contributed by atoms with Gasteiger partial charge in [-0.15, -0.1) is 0 Å². The lowest BCUT2D eigenvalue weighted by Crippen LogP contribution is -2.35. The molecule has 4 nitrogen and oxygen atoms in total. The molecule has 0 radical (unpaired) electrons. The zero-order valence-corrected chi connectivity index (χ0v) is 12.6. The third kappa shape index (κ3) is 3.57. The van der Waals surface area contributed by atoms with Gasteiger partial charge in [-0.2, -0.15) is 0 Å². The quantitative estimate of drug-likeness (QED) is 0.664. The molecule has 1 aliphatic carbocycles. The van der Waals surface area contributed by atoms with E-state index in [1.54, 1.807) is 13.0 Å². The lowest BCUT2D eigenvalue weighted by molar-refractivity contribution is -0.385. The summed E-state index contributed by atoms with van der Waals surface area (Å²) in [5.74, 6) is 0.779. The van der Waals surface area contributed by atoms with Crippen LogP contribution < -0.4 is 5.32 Å². The Morgan fingerprint density at radius 2 is 2.15 bits per heavy atom. The van der Waals surface area contributed by atoms with Gasteiger partial charge in [-0.3, -0.25) is 10.1 Å². The molecule has 110 valence electrons. The number of nitrogens with one attached hydrogen (secondary N) is 1. The molecule has 0 aromatic heterocycles. The number of nitro groups is 1. The Labute approximate surface area is 120 Å². The maximum Gasteiger partial charge on any atom is 0.272 e. The molecule has 4 heteroatoms. The smallest absolute Gasteiger partial charge is 0.272 e. The lowest BCUT2D eigenvalue weighted by Gasteiger charge is -2.30. The molecule has 0 heterocycles. The van der Waals surface area contributed by atoms with Gasteiger partial charge in [0.05, 0.1) is 4.92 Å². The van der Waals surface area contributed by atoms with E-state index in [0.29, 0.717) is 6.04 Å². The molecule has 0 bridgehead atoms. The standard InChI is InChI=1S/C16H24N2O2/c1-11-5-4-6-15(9-11)17-13(3)14-8-7-12(2)16(10-14)18(19)20/h7-8,10-11,13,15,17H,4-6,9H2,1-3H3. The fraction of sp³-hybridized carbons (Fsp3) is 0.625. The molecule has 1 fully saturated rings. The van der Waals surface area contributed by atoms with Gasteiger partial charge in [0, 0.05) is 23.7 Å². The average Bonchev–Trinajstić information content (AvgIpc) is 2.38. The van der Waals surface area contributed by atoms with Gasteiger partial charge in [-0.05, 0) is 38.2 Å². The van der Waals surface area contributed by atoms with Gasteiger partial charge in [-0.25, -0.2) is 0 Å². The molecular formula is C16H24N2O2. The van der Waals surface area contributed by atoms with Gasteiger partial charge < -0.3 is 5.32 Å². The van der Waals surface area contributed by atoms with Crippen molar-refractivity contribution in [2.24, 2.45) is 5.92 Å². The van der Waals surface area contributed by atoms with Crippen molar-refractivity contribution >= 4 is 5.69 Å². The van der Waals surface area contributed by atoms with E-state index in [1.165, 1.54) is 25.7 Å². The Morgan fingerprint density at radius 1 is 1.40 bits per heavy atom. The number of benzene rings is 1. The molecule has 0 amide bonds. The van der Waals surface area contributed by atoms with Crippen molar-refractivity contribution in [3.05, 3.63) is 39.4 Å². The van der Waals surface area contributed by atoms with Crippen LogP contribution in [0.5, 0.6) is 0 Å². The summed E-state index contributed by atoms with van der Waals surface area (Å²) in [6.07, 6.45) is 5.02. The molecule has 0 saturated heterocycles. The molecular weight excluding hydrogens is 252 g/mol. The minimum atomic E-state index is -0.297. The fourth-order valence-corrected chi connectivity index (χ4v) is 3.13. The minimum Gasteiger partial charge on any atom is -0.307 e. The van der Waals surface area contributed by atoms with E-state index < -0.39 is 0 Å². The third-order valence-electron chi connectivity index (χ3n) is 4.35. The highest BCUT2D eigenvalue weighted by Gasteiger charge is 2.21. The highest BCUT2D eigenvalue weighted by molar-refractivity contribution is 5.43. The second kappa shape index (κ2) is 6.35. The third-order valence-corrected chi connectivity index (χ3v) is 4.35. The highest BCUT2D eigenvalue weighted by Crippen LogP contribution is 2.27. The van der Waals surface area contributed by atoms with E-state index >= 15 is 0 Å². The molecule has 1 saturated carbocycles. The van der Waals surface area contributed by atoms with E-state index in [9.17, 15) is 10.1 Å². The van der Waals surface area contributed by atoms with Crippen LogP contribution >= 0.6 is 0 Å². The Kier molecular flexibility index (Phi) is 4.76. The van der Waals surface area contributed by atoms with Gasteiger partial charge in [-0.1, -0.05) is 31.9 Å². The Bertz CT molecular complexity index is 487. The van der Waals surface area contributed by atoms with Gasteiger partial charge in [0.2, 0.25) is 0 Å². The SMILES string of the molecule is Cc1ccc(C(C)NC2CCCC(C)C2)cc1[N+](=O)[O-]. The number of rotatable bonds is 4. The first-order valence-electron chi connectivity index (χ1n) is 7.48. The van der Waals surface area contributed by atoms with Gasteiger partial charge in [0.1, 0.15) is 0 Å². The summed E-state index contributed by atoms with van der Waals surface area (Å²) in [4.78, 5) is 10.7. The highest BCUT2D eigenvalue weighted by atomic mass is 16.6. The molecule has 3 atom stereocenters. The summed E-state index contributed by atoms with van der Waals surface area (Å²) < 4.78 is 0. The molecule has 20 heavy (non-hydrogen) atoms. The van der Waals surface area contributed by atoms with Crippen molar-refractivity contribution in [3.8, 4) is 0 Å². The normalized spacial score (nSPS) is 24.4. The molecule has 0 aliphatic heterocycles. The maximum absolute atomic E-state index is 11.0. The zero-order valence-electron chi connectivity index (χ0n) is 12.6. The number of aryl methyl sites for hydroxylation is 1. The van der Waals surface area contributed by atoms with Crippen LogP contribution in [0.3, 0.4) is 0 Å². The molecule has 0 spiro atoms.